The highest BCUT2D eigenvalue weighted by atomic mass is 19.1. The fourth-order valence-electron chi connectivity index (χ4n) is 2.51. The summed E-state index contributed by atoms with van der Waals surface area (Å²) in [5.41, 5.74) is 2.21. The van der Waals surface area contributed by atoms with E-state index in [2.05, 4.69) is 15.3 Å². The molecular weight excluding hydrogens is 331 g/mol. The zero-order valence-electron chi connectivity index (χ0n) is 14.6. The summed E-state index contributed by atoms with van der Waals surface area (Å²) >= 11 is 0. The van der Waals surface area contributed by atoms with Crippen LogP contribution in [0.3, 0.4) is 0 Å². The first-order valence-corrected chi connectivity index (χ1v) is 8.20. The molecule has 0 bridgehead atoms. The van der Waals surface area contributed by atoms with Crippen molar-refractivity contribution in [2.45, 2.75) is 13.5 Å². The molecule has 0 aliphatic heterocycles. The van der Waals surface area contributed by atoms with Crippen molar-refractivity contribution in [2.24, 2.45) is 0 Å². The van der Waals surface area contributed by atoms with Crippen molar-refractivity contribution in [3.05, 3.63) is 83.4 Å². The molecule has 0 saturated heterocycles. The lowest BCUT2D eigenvalue weighted by Crippen LogP contribution is -2.27. The number of carbonyl (C=O) groups excluding carboxylic acids is 1. The molecule has 0 aliphatic carbocycles. The van der Waals surface area contributed by atoms with Gasteiger partial charge in [0.1, 0.15) is 11.5 Å². The molecule has 3 aromatic rings. The number of para-hydroxylation sites is 1. The molecule has 0 aliphatic rings. The van der Waals surface area contributed by atoms with E-state index in [1.54, 1.807) is 38.2 Å². The summed E-state index contributed by atoms with van der Waals surface area (Å²) in [5, 5.41) is 2.98. The van der Waals surface area contributed by atoms with E-state index < -0.39 is 0 Å². The number of hydrogen-bond donors (Lipinski definition) is 1. The van der Waals surface area contributed by atoms with Crippen molar-refractivity contribution in [1.29, 1.82) is 0 Å². The number of aryl methyl sites for hydroxylation is 1. The van der Waals surface area contributed by atoms with Gasteiger partial charge in [-0.25, -0.2) is 14.4 Å². The summed E-state index contributed by atoms with van der Waals surface area (Å²) in [7, 11) is 1.70. The van der Waals surface area contributed by atoms with Crippen molar-refractivity contribution >= 4 is 17.5 Å². The van der Waals surface area contributed by atoms with E-state index in [4.69, 9.17) is 0 Å². The van der Waals surface area contributed by atoms with Crippen molar-refractivity contribution in [1.82, 2.24) is 9.97 Å². The lowest BCUT2D eigenvalue weighted by Gasteiger charge is -2.17. The molecule has 1 amide bonds. The summed E-state index contributed by atoms with van der Waals surface area (Å²) in [6.07, 6.45) is 0. The molecule has 5 nitrogen and oxygen atoms in total. The minimum Gasteiger partial charge on any atom is -0.350 e. The number of anilines is 2. The maximum atomic E-state index is 13.7. The first-order valence-electron chi connectivity index (χ1n) is 8.20. The van der Waals surface area contributed by atoms with Gasteiger partial charge in [0.2, 0.25) is 5.95 Å². The van der Waals surface area contributed by atoms with E-state index in [1.807, 2.05) is 30.3 Å². The van der Waals surface area contributed by atoms with Gasteiger partial charge in [-0.05, 0) is 31.2 Å². The Morgan fingerprint density at radius 2 is 1.77 bits per heavy atom. The molecule has 1 aromatic heterocycles. The molecule has 0 spiro atoms. The second kappa shape index (κ2) is 7.74. The van der Waals surface area contributed by atoms with Crippen molar-refractivity contribution < 1.29 is 9.18 Å². The molecule has 1 heterocycles. The summed E-state index contributed by atoms with van der Waals surface area (Å²) < 4.78 is 13.7. The highest BCUT2D eigenvalue weighted by Gasteiger charge is 2.16. The predicted octanol–water partition coefficient (Wildman–Crippen LogP) is 3.81. The lowest BCUT2D eigenvalue weighted by molar-refractivity contribution is 0.0988. The van der Waals surface area contributed by atoms with Gasteiger partial charge in [0.05, 0.1) is 0 Å². The monoisotopic (exact) mass is 350 g/mol. The summed E-state index contributed by atoms with van der Waals surface area (Å²) in [4.78, 5) is 22.8. The van der Waals surface area contributed by atoms with Crippen LogP contribution in [0.25, 0.3) is 0 Å². The first kappa shape index (κ1) is 17.5. The maximum Gasteiger partial charge on any atom is 0.276 e. The van der Waals surface area contributed by atoms with Gasteiger partial charge >= 0.3 is 0 Å². The molecule has 2 aromatic carbocycles. The minimum absolute atomic E-state index is 0.234. The van der Waals surface area contributed by atoms with E-state index in [9.17, 15) is 9.18 Å². The summed E-state index contributed by atoms with van der Waals surface area (Å²) in [5.74, 6) is -0.249. The Morgan fingerprint density at radius 3 is 2.50 bits per heavy atom. The number of carbonyl (C=O) groups is 1. The number of nitrogens with one attached hydrogen (secondary N) is 1. The molecule has 1 N–H and O–H groups in total. The Morgan fingerprint density at radius 1 is 1.08 bits per heavy atom. The van der Waals surface area contributed by atoms with Gasteiger partial charge in [-0.15, -0.1) is 0 Å². The third-order valence-electron chi connectivity index (χ3n) is 3.92. The fourth-order valence-corrected chi connectivity index (χ4v) is 2.51. The topological polar surface area (TPSA) is 58.1 Å². The van der Waals surface area contributed by atoms with E-state index in [1.165, 1.54) is 11.0 Å². The van der Waals surface area contributed by atoms with Crippen molar-refractivity contribution in [3.63, 3.8) is 0 Å². The number of benzene rings is 2. The average molecular weight is 350 g/mol. The quantitative estimate of drug-likeness (QED) is 0.760. The van der Waals surface area contributed by atoms with Crippen LogP contribution >= 0.6 is 0 Å². The van der Waals surface area contributed by atoms with Gasteiger partial charge in [-0.2, -0.15) is 0 Å². The number of hydrogen-bond acceptors (Lipinski definition) is 4. The average Bonchev–Trinajstić information content (AvgIpc) is 2.66. The van der Waals surface area contributed by atoms with Crippen molar-refractivity contribution in [3.8, 4) is 0 Å². The Hall–Kier alpha value is -3.28. The summed E-state index contributed by atoms with van der Waals surface area (Å²) in [6, 6.07) is 17.5. The Labute approximate surface area is 151 Å². The Balaban J connectivity index is 1.79. The molecule has 0 radical (unpaired) electrons. The number of aromatic nitrogens is 2. The highest BCUT2D eigenvalue weighted by molar-refractivity contribution is 6.04. The number of halogens is 1. The number of nitrogens with zero attached hydrogens (tertiary/aromatic N) is 3. The zero-order valence-corrected chi connectivity index (χ0v) is 14.6. The lowest BCUT2D eigenvalue weighted by atomic mass is 10.2. The molecule has 0 fully saturated rings. The van der Waals surface area contributed by atoms with Gasteiger partial charge in [0, 0.05) is 30.5 Å². The van der Waals surface area contributed by atoms with Crippen LogP contribution in [0, 0.1) is 12.7 Å². The van der Waals surface area contributed by atoms with E-state index in [-0.39, 0.29) is 29.9 Å². The van der Waals surface area contributed by atoms with Crippen LogP contribution in [-0.4, -0.2) is 22.9 Å². The SMILES string of the molecule is Cc1cc(C(=O)N(C)c2ccccc2)nc(NCc2ccccc2F)n1. The number of amides is 1. The molecule has 132 valence electrons. The van der Waals surface area contributed by atoms with Crippen LogP contribution in [0.4, 0.5) is 16.0 Å². The molecular formula is C20H19FN4O. The largest absolute Gasteiger partial charge is 0.350 e. The molecule has 6 heteroatoms. The van der Waals surface area contributed by atoms with E-state index >= 15 is 0 Å². The minimum atomic E-state index is -0.298. The molecule has 0 saturated carbocycles. The Kier molecular flexibility index (Phi) is 5.22. The molecule has 0 unspecified atom stereocenters. The second-order valence-corrected chi connectivity index (χ2v) is 5.86. The van der Waals surface area contributed by atoms with E-state index in [0.717, 1.165) is 5.69 Å². The van der Waals surface area contributed by atoms with Gasteiger partial charge in [-0.3, -0.25) is 4.79 Å². The second-order valence-electron chi connectivity index (χ2n) is 5.86. The van der Waals surface area contributed by atoms with Crippen molar-refractivity contribution in [2.75, 3.05) is 17.3 Å². The van der Waals surface area contributed by atoms with Crippen LogP contribution in [0.5, 0.6) is 0 Å². The van der Waals surface area contributed by atoms with Crippen LogP contribution in [0.2, 0.25) is 0 Å². The Bertz CT molecular complexity index is 915. The first-order chi connectivity index (χ1) is 12.5. The van der Waals surface area contributed by atoms with Gasteiger partial charge in [0.25, 0.3) is 5.91 Å². The summed E-state index contributed by atoms with van der Waals surface area (Å²) in [6.45, 7) is 2.02. The smallest absolute Gasteiger partial charge is 0.276 e. The zero-order chi connectivity index (χ0) is 18.5. The van der Waals surface area contributed by atoms with Gasteiger partial charge < -0.3 is 10.2 Å². The van der Waals surface area contributed by atoms with Crippen LogP contribution < -0.4 is 10.2 Å². The van der Waals surface area contributed by atoms with Gasteiger partial charge in [-0.1, -0.05) is 36.4 Å². The molecule has 3 rings (SSSR count). The normalized spacial score (nSPS) is 10.4. The third kappa shape index (κ3) is 4.03. The predicted molar refractivity (Wildman–Crippen MR) is 99.7 cm³/mol. The standard InChI is InChI=1S/C20H19FN4O/c1-14-12-18(19(26)25(2)16-9-4-3-5-10-16)24-20(23-14)22-13-15-8-6-7-11-17(15)21/h3-12H,13H2,1-2H3,(H,22,23,24). The van der Waals surface area contributed by atoms with Crippen LogP contribution in [-0.2, 0) is 6.54 Å². The third-order valence-corrected chi connectivity index (χ3v) is 3.92. The van der Waals surface area contributed by atoms with Crippen LogP contribution in [0.15, 0.2) is 60.7 Å². The van der Waals surface area contributed by atoms with E-state index in [0.29, 0.717) is 11.3 Å². The number of rotatable bonds is 5. The van der Waals surface area contributed by atoms with Crippen LogP contribution in [0.1, 0.15) is 21.7 Å². The highest BCUT2D eigenvalue weighted by Crippen LogP contribution is 2.16. The molecule has 0 atom stereocenters. The fraction of sp³-hybridized carbons (Fsp3) is 0.150. The molecule has 26 heavy (non-hydrogen) atoms. The maximum absolute atomic E-state index is 13.7. The van der Waals surface area contributed by atoms with Gasteiger partial charge in [0.15, 0.2) is 0 Å².